The number of nitrogens with one attached hydrogen (secondary N) is 2. The summed E-state index contributed by atoms with van der Waals surface area (Å²) in [6.45, 7) is 2.80. The van der Waals surface area contributed by atoms with Gasteiger partial charge < -0.3 is 15.4 Å². The number of ether oxygens (including phenoxy) is 1. The molecule has 2 saturated heterocycles. The SMILES string of the molecule is COc1ccc(S(=O)(=O)N2CCCCCC2)cc1C(=O)NC1CCNCC1.Cl. The first-order valence-electron chi connectivity index (χ1n) is 9.72. The third kappa shape index (κ3) is 5.37. The highest BCUT2D eigenvalue weighted by Gasteiger charge is 2.27. The van der Waals surface area contributed by atoms with Crippen molar-refractivity contribution in [2.24, 2.45) is 0 Å². The summed E-state index contributed by atoms with van der Waals surface area (Å²) >= 11 is 0. The van der Waals surface area contributed by atoms with E-state index in [0.717, 1.165) is 51.6 Å². The molecule has 0 spiro atoms. The molecule has 2 heterocycles. The molecule has 2 fully saturated rings. The Morgan fingerprint density at radius 1 is 1.14 bits per heavy atom. The van der Waals surface area contributed by atoms with Gasteiger partial charge in [0.1, 0.15) is 5.75 Å². The Hall–Kier alpha value is -1.35. The van der Waals surface area contributed by atoms with Crippen LogP contribution >= 0.6 is 12.4 Å². The molecular formula is C19H30ClN3O4S. The summed E-state index contributed by atoms with van der Waals surface area (Å²) in [5.74, 6) is 0.0999. The van der Waals surface area contributed by atoms with E-state index in [1.165, 1.54) is 23.5 Å². The molecule has 0 unspecified atom stereocenters. The Labute approximate surface area is 173 Å². The molecule has 7 nitrogen and oxygen atoms in total. The van der Waals surface area contributed by atoms with Gasteiger partial charge in [-0.15, -0.1) is 12.4 Å². The van der Waals surface area contributed by atoms with Gasteiger partial charge in [0.05, 0.1) is 17.6 Å². The lowest BCUT2D eigenvalue weighted by molar-refractivity contribution is 0.0926. The molecule has 2 aliphatic heterocycles. The van der Waals surface area contributed by atoms with Crippen LogP contribution < -0.4 is 15.4 Å². The van der Waals surface area contributed by atoms with E-state index in [0.29, 0.717) is 18.8 Å². The molecule has 0 aliphatic carbocycles. The Bertz CT molecular complexity index is 758. The Morgan fingerprint density at radius 2 is 1.79 bits per heavy atom. The van der Waals surface area contributed by atoms with Crippen LogP contribution in [-0.4, -0.2) is 58.0 Å². The van der Waals surface area contributed by atoms with Crippen LogP contribution in [0, 0.1) is 0 Å². The molecule has 0 saturated carbocycles. The van der Waals surface area contributed by atoms with Crippen molar-refractivity contribution >= 4 is 28.3 Å². The number of carbonyl (C=O) groups is 1. The molecule has 0 radical (unpaired) electrons. The smallest absolute Gasteiger partial charge is 0.255 e. The van der Waals surface area contributed by atoms with Crippen LogP contribution in [0.3, 0.4) is 0 Å². The first-order chi connectivity index (χ1) is 13.0. The lowest BCUT2D eigenvalue weighted by Crippen LogP contribution is -2.42. The van der Waals surface area contributed by atoms with Crippen LogP contribution in [0.15, 0.2) is 23.1 Å². The molecule has 1 amide bonds. The van der Waals surface area contributed by atoms with Gasteiger partial charge in [0.15, 0.2) is 0 Å². The van der Waals surface area contributed by atoms with Crippen LogP contribution in [0.5, 0.6) is 5.75 Å². The number of benzene rings is 1. The molecular weight excluding hydrogens is 402 g/mol. The van der Waals surface area contributed by atoms with Gasteiger partial charge in [-0.05, 0) is 57.0 Å². The highest BCUT2D eigenvalue weighted by molar-refractivity contribution is 7.89. The second-order valence-electron chi connectivity index (χ2n) is 7.18. The van der Waals surface area contributed by atoms with Gasteiger partial charge in [0, 0.05) is 19.1 Å². The second kappa shape index (κ2) is 10.4. The molecule has 2 N–H and O–H groups in total. The van der Waals surface area contributed by atoms with Crippen molar-refractivity contribution in [1.82, 2.24) is 14.9 Å². The molecule has 0 aromatic heterocycles. The zero-order valence-electron chi connectivity index (χ0n) is 16.3. The summed E-state index contributed by atoms with van der Waals surface area (Å²) in [4.78, 5) is 12.9. The first kappa shape index (κ1) is 22.9. The summed E-state index contributed by atoms with van der Waals surface area (Å²) in [5.41, 5.74) is 0.270. The fourth-order valence-electron chi connectivity index (χ4n) is 3.69. The molecule has 0 atom stereocenters. The van der Waals surface area contributed by atoms with Crippen LogP contribution in [0.25, 0.3) is 0 Å². The van der Waals surface area contributed by atoms with Crippen molar-refractivity contribution in [3.63, 3.8) is 0 Å². The lowest BCUT2D eigenvalue weighted by Gasteiger charge is -2.24. The highest BCUT2D eigenvalue weighted by Crippen LogP contribution is 2.26. The Balaban J connectivity index is 0.00000280. The van der Waals surface area contributed by atoms with Crippen LogP contribution in [0.4, 0.5) is 0 Å². The maximum atomic E-state index is 13.0. The van der Waals surface area contributed by atoms with Crippen LogP contribution in [0.2, 0.25) is 0 Å². The van der Waals surface area contributed by atoms with Gasteiger partial charge >= 0.3 is 0 Å². The fraction of sp³-hybridized carbons (Fsp3) is 0.632. The van der Waals surface area contributed by atoms with Crippen molar-refractivity contribution < 1.29 is 17.9 Å². The van der Waals surface area contributed by atoms with Crippen LogP contribution in [0.1, 0.15) is 48.9 Å². The quantitative estimate of drug-likeness (QED) is 0.745. The minimum atomic E-state index is -3.61. The first-order valence-corrected chi connectivity index (χ1v) is 11.2. The van der Waals surface area contributed by atoms with E-state index in [9.17, 15) is 13.2 Å². The number of hydrogen-bond donors (Lipinski definition) is 2. The van der Waals surface area contributed by atoms with Gasteiger partial charge in [0.2, 0.25) is 10.0 Å². The van der Waals surface area contributed by atoms with Gasteiger partial charge in [-0.2, -0.15) is 4.31 Å². The van der Waals surface area contributed by atoms with E-state index < -0.39 is 10.0 Å². The van der Waals surface area contributed by atoms with Crippen molar-refractivity contribution in [2.75, 3.05) is 33.3 Å². The molecule has 3 rings (SSSR count). The predicted molar refractivity (Wildman–Crippen MR) is 111 cm³/mol. The van der Waals surface area contributed by atoms with Crippen molar-refractivity contribution in [2.45, 2.75) is 49.5 Å². The molecule has 9 heteroatoms. The summed E-state index contributed by atoms with van der Waals surface area (Å²) < 4.78 is 32.9. The number of rotatable bonds is 5. The Kier molecular flexibility index (Phi) is 8.55. The standard InChI is InChI=1S/C19H29N3O4S.ClH/c1-26-18-7-6-16(27(24,25)22-12-4-2-3-5-13-22)14-17(18)19(23)21-15-8-10-20-11-9-15;/h6-7,14-15,20H,2-5,8-13H2,1H3,(H,21,23);1H. The number of halogens is 1. The minimum absolute atomic E-state index is 0. The second-order valence-corrected chi connectivity index (χ2v) is 9.12. The van der Waals surface area contributed by atoms with Gasteiger partial charge in [0.25, 0.3) is 5.91 Å². The minimum Gasteiger partial charge on any atom is -0.496 e. The maximum Gasteiger partial charge on any atom is 0.255 e. The van der Waals surface area contributed by atoms with Crippen LogP contribution in [-0.2, 0) is 10.0 Å². The molecule has 158 valence electrons. The highest BCUT2D eigenvalue weighted by atomic mass is 35.5. The van der Waals surface area contributed by atoms with Crippen molar-refractivity contribution in [3.05, 3.63) is 23.8 Å². The zero-order chi connectivity index (χ0) is 19.3. The molecule has 0 bridgehead atoms. The van der Waals surface area contributed by atoms with Crippen molar-refractivity contribution in [1.29, 1.82) is 0 Å². The number of hydrogen-bond acceptors (Lipinski definition) is 5. The van der Waals surface area contributed by atoms with E-state index in [1.807, 2.05) is 0 Å². The number of nitrogens with zero attached hydrogens (tertiary/aromatic N) is 1. The monoisotopic (exact) mass is 431 g/mol. The van der Waals surface area contributed by atoms with Gasteiger partial charge in [-0.25, -0.2) is 8.42 Å². The topological polar surface area (TPSA) is 87.7 Å². The third-order valence-corrected chi connectivity index (χ3v) is 7.19. The number of piperidine rings is 1. The number of carbonyl (C=O) groups excluding carboxylic acids is 1. The normalized spacial score (nSPS) is 19.3. The fourth-order valence-corrected chi connectivity index (χ4v) is 5.23. The molecule has 1 aromatic carbocycles. The summed E-state index contributed by atoms with van der Waals surface area (Å²) in [6, 6.07) is 4.65. The summed E-state index contributed by atoms with van der Waals surface area (Å²) in [6.07, 6.45) is 5.58. The molecule has 2 aliphatic rings. The zero-order valence-corrected chi connectivity index (χ0v) is 17.9. The van der Waals surface area contributed by atoms with E-state index >= 15 is 0 Å². The molecule has 1 aromatic rings. The van der Waals surface area contributed by atoms with Crippen molar-refractivity contribution in [3.8, 4) is 5.75 Å². The largest absolute Gasteiger partial charge is 0.496 e. The van der Waals surface area contributed by atoms with E-state index in [4.69, 9.17) is 4.74 Å². The summed E-state index contributed by atoms with van der Waals surface area (Å²) in [7, 11) is -2.13. The van der Waals surface area contributed by atoms with Gasteiger partial charge in [-0.3, -0.25) is 4.79 Å². The number of amides is 1. The average Bonchev–Trinajstić information content (AvgIpc) is 2.98. The lowest BCUT2D eigenvalue weighted by atomic mass is 10.1. The van der Waals surface area contributed by atoms with E-state index in [-0.39, 0.29) is 34.8 Å². The third-order valence-electron chi connectivity index (χ3n) is 5.29. The molecule has 28 heavy (non-hydrogen) atoms. The van der Waals surface area contributed by atoms with Gasteiger partial charge in [-0.1, -0.05) is 12.8 Å². The maximum absolute atomic E-state index is 13.0. The van der Waals surface area contributed by atoms with E-state index in [2.05, 4.69) is 10.6 Å². The predicted octanol–water partition coefficient (Wildman–Crippen LogP) is 2.16. The van der Waals surface area contributed by atoms with E-state index in [1.54, 1.807) is 6.07 Å². The summed E-state index contributed by atoms with van der Waals surface area (Å²) in [5, 5.41) is 6.27. The Morgan fingerprint density at radius 3 is 2.39 bits per heavy atom. The number of sulfonamides is 1. The number of methoxy groups -OCH3 is 1. The average molecular weight is 432 g/mol.